The van der Waals surface area contributed by atoms with Crippen molar-refractivity contribution in [3.05, 3.63) is 59.9 Å². The highest BCUT2D eigenvalue weighted by Crippen LogP contribution is 2.29. The van der Waals surface area contributed by atoms with Crippen molar-refractivity contribution >= 4 is 39.1 Å². The van der Waals surface area contributed by atoms with Crippen LogP contribution >= 0.6 is 0 Å². The van der Waals surface area contributed by atoms with E-state index in [0.717, 1.165) is 37.2 Å². The van der Waals surface area contributed by atoms with E-state index in [2.05, 4.69) is 10.2 Å². The van der Waals surface area contributed by atoms with E-state index in [-0.39, 0.29) is 11.7 Å². The zero-order chi connectivity index (χ0) is 21.8. The SMILES string of the molecule is O=C(/C=C/c1ccc(N2CCCS2(=O)=O)cc1)Nc1cc(F)ccc1N1CCCCC1. The molecule has 2 aliphatic rings. The number of piperidine rings is 1. The van der Waals surface area contributed by atoms with Crippen molar-refractivity contribution in [3.8, 4) is 0 Å². The second-order valence-electron chi connectivity index (χ2n) is 7.86. The first kappa shape index (κ1) is 21.4. The van der Waals surface area contributed by atoms with Crippen LogP contribution in [0.25, 0.3) is 6.08 Å². The van der Waals surface area contributed by atoms with E-state index in [1.807, 2.05) is 0 Å². The summed E-state index contributed by atoms with van der Waals surface area (Å²) in [5.41, 5.74) is 2.70. The number of rotatable bonds is 5. The second kappa shape index (κ2) is 9.09. The minimum atomic E-state index is -3.21. The van der Waals surface area contributed by atoms with Gasteiger partial charge in [-0.25, -0.2) is 12.8 Å². The number of nitrogens with one attached hydrogen (secondary N) is 1. The molecule has 164 valence electrons. The molecule has 2 heterocycles. The Balaban J connectivity index is 1.44. The zero-order valence-corrected chi connectivity index (χ0v) is 18.1. The number of carbonyl (C=O) groups excluding carboxylic acids is 1. The lowest BCUT2D eigenvalue weighted by atomic mass is 10.1. The monoisotopic (exact) mass is 443 g/mol. The number of halogens is 1. The summed E-state index contributed by atoms with van der Waals surface area (Å²) in [7, 11) is -3.21. The zero-order valence-electron chi connectivity index (χ0n) is 17.3. The van der Waals surface area contributed by atoms with Crippen LogP contribution in [-0.4, -0.2) is 39.7 Å². The number of sulfonamides is 1. The quantitative estimate of drug-likeness (QED) is 0.709. The number of nitrogens with zero attached hydrogens (tertiary/aromatic N) is 2. The van der Waals surface area contributed by atoms with Crippen LogP contribution in [0.5, 0.6) is 0 Å². The number of amides is 1. The van der Waals surface area contributed by atoms with Crippen molar-refractivity contribution in [3.63, 3.8) is 0 Å². The Hall–Kier alpha value is -2.87. The highest BCUT2D eigenvalue weighted by atomic mass is 32.2. The molecule has 8 heteroatoms. The Morgan fingerprint density at radius 1 is 0.968 bits per heavy atom. The maximum atomic E-state index is 13.8. The molecule has 6 nitrogen and oxygen atoms in total. The molecule has 2 fully saturated rings. The Morgan fingerprint density at radius 3 is 2.39 bits per heavy atom. The average molecular weight is 444 g/mol. The Morgan fingerprint density at radius 2 is 1.71 bits per heavy atom. The van der Waals surface area contributed by atoms with Crippen LogP contribution in [0, 0.1) is 5.82 Å². The number of hydrogen-bond acceptors (Lipinski definition) is 4. The molecule has 4 rings (SSSR count). The minimum Gasteiger partial charge on any atom is -0.370 e. The van der Waals surface area contributed by atoms with Crippen LogP contribution in [0.3, 0.4) is 0 Å². The third-order valence-corrected chi connectivity index (χ3v) is 7.49. The molecule has 2 saturated heterocycles. The van der Waals surface area contributed by atoms with Gasteiger partial charge in [0.25, 0.3) is 0 Å². The van der Waals surface area contributed by atoms with Crippen molar-refractivity contribution in [2.24, 2.45) is 0 Å². The summed E-state index contributed by atoms with van der Waals surface area (Å²) >= 11 is 0. The Labute approximate surface area is 182 Å². The number of hydrogen-bond donors (Lipinski definition) is 1. The molecule has 31 heavy (non-hydrogen) atoms. The number of anilines is 3. The van der Waals surface area contributed by atoms with Gasteiger partial charge in [0, 0.05) is 25.7 Å². The van der Waals surface area contributed by atoms with E-state index in [9.17, 15) is 17.6 Å². The molecule has 2 aliphatic heterocycles. The summed E-state index contributed by atoms with van der Waals surface area (Å²) in [6.07, 6.45) is 7.02. The molecule has 0 unspecified atom stereocenters. The lowest BCUT2D eigenvalue weighted by Gasteiger charge is -2.30. The molecule has 0 radical (unpaired) electrons. The molecule has 0 bridgehead atoms. The topological polar surface area (TPSA) is 69.7 Å². The summed E-state index contributed by atoms with van der Waals surface area (Å²) in [5.74, 6) is -0.573. The molecule has 2 aromatic rings. The van der Waals surface area contributed by atoms with Gasteiger partial charge in [-0.1, -0.05) is 12.1 Å². The summed E-state index contributed by atoms with van der Waals surface area (Å²) in [5, 5.41) is 2.79. The van der Waals surface area contributed by atoms with Gasteiger partial charge in [0.2, 0.25) is 15.9 Å². The molecule has 0 aliphatic carbocycles. The van der Waals surface area contributed by atoms with Gasteiger partial charge in [0.1, 0.15) is 5.82 Å². The van der Waals surface area contributed by atoms with Crippen molar-refractivity contribution in [1.82, 2.24) is 0 Å². The van der Waals surface area contributed by atoms with Crippen molar-refractivity contribution in [2.75, 3.05) is 39.9 Å². The van der Waals surface area contributed by atoms with Crippen LogP contribution in [0.4, 0.5) is 21.5 Å². The number of benzene rings is 2. The largest absolute Gasteiger partial charge is 0.370 e. The molecular weight excluding hydrogens is 417 g/mol. The third-order valence-electron chi connectivity index (χ3n) is 5.62. The maximum Gasteiger partial charge on any atom is 0.248 e. The highest BCUT2D eigenvalue weighted by molar-refractivity contribution is 7.93. The van der Waals surface area contributed by atoms with Gasteiger partial charge in [0.05, 0.1) is 22.8 Å². The fourth-order valence-electron chi connectivity index (χ4n) is 4.05. The van der Waals surface area contributed by atoms with E-state index in [1.54, 1.807) is 36.4 Å². The van der Waals surface area contributed by atoms with E-state index >= 15 is 0 Å². The summed E-state index contributed by atoms with van der Waals surface area (Å²) in [4.78, 5) is 14.6. The van der Waals surface area contributed by atoms with Crippen molar-refractivity contribution in [2.45, 2.75) is 25.7 Å². The van der Waals surface area contributed by atoms with Crippen LogP contribution in [-0.2, 0) is 14.8 Å². The molecule has 1 N–H and O–H groups in total. The summed E-state index contributed by atoms with van der Waals surface area (Å²) in [6.45, 7) is 2.28. The normalized spacial score (nSPS) is 18.5. The Bertz CT molecular complexity index is 1080. The molecule has 0 spiro atoms. The third kappa shape index (κ3) is 5.07. The predicted octanol–water partition coefficient (Wildman–Crippen LogP) is 4.01. The summed E-state index contributed by atoms with van der Waals surface area (Å²) < 4.78 is 39.3. The first-order valence-electron chi connectivity index (χ1n) is 10.6. The van der Waals surface area contributed by atoms with Gasteiger partial charge < -0.3 is 10.2 Å². The smallest absolute Gasteiger partial charge is 0.248 e. The predicted molar refractivity (Wildman–Crippen MR) is 122 cm³/mol. The van der Waals surface area contributed by atoms with Crippen LogP contribution in [0.15, 0.2) is 48.5 Å². The van der Waals surface area contributed by atoms with Gasteiger partial charge in [-0.05, 0) is 67.7 Å². The highest BCUT2D eigenvalue weighted by Gasteiger charge is 2.28. The Kier molecular flexibility index (Phi) is 6.27. The van der Waals surface area contributed by atoms with Crippen LogP contribution in [0.1, 0.15) is 31.2 Å². The molecule has 0 atom stereocenters. The van der Waals surface area contributed by atoms with Crippen LogP contribution in [0.2, 0.25) is 0 Å². The van der Waals surface area contributed by atoms with E-state index in [4.69, 9.17) is 0 Å². The lowest BCUT2D eigenvalue weighted by Crippen LogP contribution is -2.30. The molecule has 0 aromatic heterocycles. The molecule has 1 amide bonds. The maximum absolute atomic E-state index is 13.8. The molecule has 2 aromatic carbocycles. The summed E-state index contributed by atoms with van der Waals surface area (Å²) in [6, 6.07) is 11.5. The molecular formula is C23H26FN3O3S. The average Bonchev–Trinajstić information content (AvgIpc) is 3.12. The first-order valence-corrected chi connectivity index (χ1v) is 12.2. The van der Waals surface area contributed by atoms with Gasteiger partial charge in [-0.2, -0.15) is 0 Å². The van der Waals surface area contributed by atoms with E-state index in [1.165, 1.54) is 28.9 Å². The standard InChI is InChI=1S/C23H26FN3O3S/c24-19-8-11-22(26-13-2-1-3-14-26)21(17-19)25-23(28)12-7-18-5-9-20(10-6-18)27-15-4-16-31(27,29)30/h5-12,17H,1-4,13-16H2,(H,25,28)/b12-7+. The van der Waals surface area contributed by atoms with Gasteiger partial charge in [-0.15, -0.1) is 0 Å². The minimum absolute atomic E-state index is 0.175. The second-order valence-corrected chi connectivity index (χ2v) is 9.88. The van der Waals surface area contributed by atoms with Gasteiger partial charge in [0.15, 0.2) is 0 Å². The van der Waals surface area contributed by atoms with E-state index < -0.39 is 15.8 Å². The van der Waals surface area contributed by atoms with Gasteiger partial charge >= 0.3 is 0 Å². The van der Waals surface area contributed by atoms with E-state index in [0.29, 0.717) is 24.3 Å². The van der Waals surface area contributed by atoms with Gasteiger partial charge in [-0.3, -0.25) is 9.10 Å². The lowest BCUT2D eigenvalue weighted by molar-refractivity contribution is -0.111. The fourth-order valence-corrected chi connectivity index (χ4v) is 5.61. The first-order chi connectivity index (χ1) is 14.9. The van der Waals surface area contributed by atoms with Crippen molar-refractivity contribution in [1.29, 1.82) is 0 Å². The number of carbonyl (C=O) groups is 1. The fraction of sp³-hybridized carbons (Fsp3) is 0.348. The van der Waals surface area contributed by atoms with Crippen LogP contribution < -0.4 is 14.5 Å². The molecule has 0 saturated carbocycles. The van der Waals surface area contributed by atoms with Crippen molar-refractivity contribution < 1.29 is 17.6 Å².